The first-order valence-electron chi connectivity index (χ1n) is 7.92. The highest BCUT2D eigenvalue weighted by Crippen LogP contribution is 2.24. The molecule has 0 saturated carbocycles. The second kappa shape index (κ2) is 6.69. The van der Waals surface area contributed by atoms with Crippen molar-refractivity contribution >= 4 is 11.6 Å². The summed E-state index contributed by atoms with van der Waals surface area (Å²) in [5.74, 6) is -0.300. The van der Waals surface area contributed by atoms with E-state index in [1.807, 2.05) is 18.2 Å². The molecular formula is C18H21N3O2. The molecule has 5 heteroatoms. The van der Waals surface area contributed by atoms with Gasteiger partial charge in [-0.3, -0.25) is 9.59 Å². The molecule has 1 fully saturated rings. The summed E-state index contributed by atoms with van der Waals surface area (Å²) < 4.78 is 1.42. The molecule has 1 atom stereocenters. The van der Waals surface area contributed by atoms with E-state index in [9.17, 15) is 9.59 Å². The number of pyridine rings is 1. The normalized spacial score (nSPS) is 17.3. The number of benzene rings is 1. The number of carbonyl (C=O) groups is 1. The number of aromatic nitrogens is 1. The highest BCUT2D eigenvalue weighted by Gasteiger charge is 2.25. The fourth-order valence-electron chi connectivity index (χ4n) is 3.08. The minimum absolute atomic E-state index is 0.194. The van der Waals surface area contributed by atoms with Crippen molar-refractivity contribution in [2.45, 2.75) is 18.9 Å². The first-order valence-corrected chi connectivity index (χ1v) is 7.92. The molecule has 0 bridgehead atoms. The Bertz CT molecular complexity index is 739. The zero-order chi connectivity index (χ0) is 16.2. The molecule has 1 aromatic carbocycles. The van der Waals surface area contributed by atoms with E-state index in [0.29, 0.717) is 6.54 Å². The molecule has 1 N–H and O–H groups in total. The Labute approximate surface area is 135 Å². The van der Waals surface area contributed by atoms with Crippen molar-refractivity contribution in [1.29, 1.82) is 0 Å². The number of para-hydroxylation sites is 1. The number of nitrogens with one attached hydrogen (secondary N) is 1. The summed E-state index contributed by atoms with van der Waals surface area (Å²) in [6.07, 6.45) is 3.80. The van der Waals surface area contributed by atoms with E-state index in [0.717, 1.165) is 19.4 Å². The van der Waals surface area contributed by atoms with Crippen LogP contribution in [-0.4, -0.2) is 29.6 Å². The van der Waals surface area contributed by atoms with Crippen molar-refractivity contribution in [3.8, 4) is 0 Å². The maximum Gasteiger partial charge on any atom is 0.263 e. The van der Waals surface area contributed by atoms with Gasteiger partial charge in [0.15, 0.2) is 0 Å². The van der Waals surface area contributed by atoms with Crippen LogP contribution < -0.4 is 15.8 Å². The van der Waals surface area contributed by atoms with Gasteiger partial charge in [-0.1, -0.05) is 18.2 Å². The number of amides is 1. The summed E-state index contributed by atoms with van der Waals surface area (Å²) in [4.78, 5) is 26.6. The van der Waals surface area contributed by atoms with E-state index in [-0.39, 0.29) is 23.1 Å². The molecular weight excluding hydrogens is 290 g/mol. The molecule has 1 aromatic heterocycles. The summed E-state index contributed by atoms with van der Waals surface area (Å²) >= 11 is 0. The molecule has 0 unspecified atom stereocenters. The van der Waals surface area contributed by atoms with Crippen molar-refractivity contribution in [1.82, 2.24) is 9.88 Å². The lowest BCUT2D eigenvalue weighted by Gasteiger charge is -2.27. The summed E-state index contributed by atoms with van der Waals surface area (Å²) in [6.45, 7) is 1.55. The van der Waals surface area contributed by atoms with Crippen LogP contribution in [-0.2, 0) is 7.05 Å². The van der Waals surface area contributed by atoms with E-state index >= 15 is 0 Å². The average Bonchev–Trinajstić information content (AvgIpc) is 3.04. The van der Waals surface area contributed by atoms with Crippen molar-refractivity contribution in [2.24, 2.45) is 7.05 Å². The van der Waals surface area contributed by atoms with Crippen LogP contribution >= 0.6 is 0 Å². The van der Waals surface area contributed by atoms with Gasteiger partial charge in [0.1, 0.15) is 5.56 Å². The van der Waals surface area contributed by atoms with Crippen LogP contribution in [0.4, 0.5) is 5.69 Å². The molecule has 5 nitrogen and oxygen atoms in total. The van der Waals surface area contributed by atoms with Gasteiger partial charge in [0, 0.05) is 38.1 Å². The smallest absolute Gasteiger partial charge is 0.263 e. The molecule has 1 amide bonds. The molecule has 1 saturated heterocycles. The zero-order valence-electron chi connectivity index (χ0n) is 13.2. The third-order valence-electron chi connectivity index (χ3n) is 4.33. The number of nitrogens with zero attached hydrogens (tertiary/aromatic N) is 2. The first-order chi connectivity index (χ1) is 11.2. The number of aryl methyl sites for hydroxylation is 1. The lowest BCUT2D eigenvalue weighted by Crippen LogP contribution is -2.41. The second-order valence-electron chi connectivity index (χ2n) is 5.87. The minimum atomic E-state index is -0.300. The van der Waals surface area contributed by atoms with Gasteiger partial charge in [-0.05, 0) is 37.1 Å². The Morgan fingerprint density at radius 1 is 1.22 bits per heavy atom. The fourth-order valence-corrected chi connectivity index (χ4v) is 3.08. The Hall–Kier alpha value is -2.56. The van der Waals surface area contributed by atoms with Gasteiger partial charge in [-0.2, -0.15) is 0 Å². The molecule has 0 radical (unpaired) electrons. The monoisotopic (exact) mass is 311 g/mol. The van der Waals surface area contributed by atoms with Crippen LogP contribution in [0.1, 0.15) is 23.2 Å². The number of rotatable bonds is 4. The Morgan fingerprint density at radius 2 is 2.00 bits per heavy atom. The lowest BCUT2D eigenvalue weighted by atomic mass is 10.2. The maximum atomic E-state index is 12.3. The predicted molar refractivity (Wildman–Crippen MR) is 90.8 cm³/mol. The molecule has 2 aromatic rings. The number of anilines is 1. The van der Waals surface area contributed by atoms with Crippen molar-refractivity contribution in [2.75, 3.05) is 18.0 Å². The maximum absolute atomic E-state index is 12.3. The highest BCUT2D eigenvalue weighted by atomic mass is 16.2. The van der Waals surface area contributed by atoms with Gasteiger partial charge in [-0.25, -0.2) is 0 Å². The van der Waals surface area contributed by atoms with Gasteiger partial charge in [0.25, 0.3) is 11.5 Å². The number of carbonyl (C=O) groups excluding carboxylic acids is 1. The third-order valence-corrected chi connectivity index (χ3v) is 4.33. The van der Waals surface area contributed by atoms with Gasteiger partial charge in [0.2, 0.25) is 0 Å². The number of hydrogen-bond donors (Lipinski definition) is 1. The fraction of sp³-hybridized carbons (Fsp3) is 0.333. The molecule has 1 aliphatic rings. The molecule has 2 heterocycles. The number of hydrogen-bond acceptors (Lipinski definition) is 3. The Kier molecular flexibility index (Phi) is 4.46. The van der Waals surface area contributed by atoms with Crippen molar-refractivity contribution in [3.05, 3.63) is 64.6 Å². The first kappa shape index (κ1) is 15.3. The van der Waals surface area contributed by atoms with Crippen LogP contribution in [0.2, 0.25) is 0 Å². The molecule has 3 rings (SSSR count). The summed E-state index contributed by atoms with van der Waals surface area (Å²) in [7, 11) is 1.65. The van der Waals surface area contributed by atoms with Gasteiger partial charge in [0.05, 0.1) is 0 Å². The lowest BCUT2D eigenvalue weighted by molar-refractivity contribution is 0.0949. The van der Waals surface area contributed by atoms with Crippen LogP contribution in [0.15, 0.2) is 53.5 Å². The standard InChI is InChI=1S/C18H21N3O2/c1-20-11-6-10-16(18(20)23)17(22)19-13-15-9-5-12-21(15)14-7-3-2-4-8-14/h2-4,6-8,10-11,15H,5,9,12-13H2,1H3,(H,19,22)/t15-/m0/s1. The van der Waals surface area contributed by atoms with E-state index < -0.39 is 0 Å². The van der Waals surface area contributed by atoms with Crippen LogP contribution in [0.3, 0.4) is 0 Å². The van der Waals surface area contributed by atoms with Crippen molar-refractivity contribution in [3.63, 3.8) is 0 Å². The minimum Gasteiger partial charge on any atom is -0.367 e. The van der Waals surface area contributed by atoms with Crippen molar-refractivity contribution < 1.29 is 4.79 Å². The predicted octanol–water partition coefficient (Wildman–Crippen LogP) is 1.78. The molecule has 120 valence electrons. The molecule has 1 aliphatic heterocycles. The summed E-state index contributed by atoms with van der Waals surface area (Å²) in [5, 5.41) is 2.91. The van der Waals surface area contributed by atoms with Gasteiger partial charge >= 0.3 is 0 Å². The molecule has 23 heavy (non-hydrogen) atoms. The van der Waals surface area contributed by atoms with E-state index in [1.165, 1.54) is 10.3 Å². The largest absolute Gasteiger partial charge is 0.367 e. The van der Waals surface area contributed by atoms with Crippen LogP contribution in [0.25, 0.3) is 0 Å². The van der Waals surface area contributed by atoms with E-state index in [4.69, 9.17) is 0 Å². The zero-order valence-corrected chi connectivity index (χ0v) is 13.2. The Balaban J connectivity index is 1.67. The van der Waals surface area contributed by atoms with Gasteiger partial charge in [-0.15, -0.1) is 0 Å². The summed E-state index contributed by atoms with van der Waals surface area (Å²) in [5.41, 5.74) is 1.11. The Morgan fingerprint density at radius 3 is 2.78 bits per heavy atom. The highest BCUT2D eigenvalue weighted by molar-refractivity contribution is 5.93. The van der Waals surface area contributed by atoms with E-state index in [1.54, 1.807) is 25.4 Å². The molecule has 0 aliphatic carbocycles. The average molecular weight is 311 g/mol. The van der Waals surface area contributed by atoms with Gasteiger partial charge < -0.3 is 14.8 Å². The third kappa shape index (κ3) is 3.28. The van der Waals surface area contributed by atoms with Crippen LogP contribution in [0, 0.1) is 0 Å². The quantitative estimate of drug-likeness (QED) is 0.936. The topological polar surface area (TPSA) is 54.3 Å². The van der Waals surface area contributed by atoms with E-state index in [2.05, 4.69) is 22.3 Å². The summed E-state index contributed by atoms with van der Waals surface area (Å²) in [6, 6.07) is 13.8. The SMILES string of the molecule is Cn1cccc(C(=O)NC[C@@H]2CCCN2c2ccccc2)c1=O. The second-order valence-corrected chi connectivity index (χ2v) is 5.87. The molecule has 0 spiro atoms. The van der Waals surface area contributed by atoms with Crippen LogP contribution in [0.5, 0.6) is 0 Å².